The van der Waals surface area contributed by atoms with Crippen LogP contribution in [0.1, 0.15) is 57.4 Å². The molecule has 2 N–H and O–H groups in total. The predicted octanol–water partition coefficient (Wildman–Crippen LogP) is 3.89. The first-order chi connectivity index (χ1) is 10.3. The fraction of sp³-hybridized carbons (Fsp3) is 0.611. The average molecular weight is 288 g/mol. The third-order valence-electron chi connectivity index (χ3n) is 4.21. The molecule has 0 radical (unpaired) electrons. The van der Waals surface area contributed by atoms with Crippen LogP contribution in [0.4, 0.5) is 5.69 Å². The Morgan fingerprint density at radius 2 is 1.86 bits per heavy atom. The van der Waals surface area contributed by atoms with Gasteiger partial charge in [0.2, 0.25) is 5.91 Å². The van der Waals surface area contributed by atoms with Crippen LogP contribution in [-0.4, -0.2) is 18.5 Å². The topological polar surface area (TPSA) is 41.1 Å². The number of amides is 1. The number of nitrogens with one attached hydrogen (secondary N) is 2. The smallest absolute Gasteiger partial charge is 0.238 e. The van der Waals surface area contributed by atoms with Crippen LogP contribution >= 0.6 is 0 Å². The molecule has 1 aromatic carbocycles. The monoisotopic (exact) mass is 288 g/mol. The normalized spacial score (nSPS) is 15.3. The van der Waals surface area contributed by atoms with Crippen LogP contribution in [0.3, 0.4) is 0 Å². The van der Waals surface area contributed by atoms with Gasteiger partial charge in [0.25, 0.3) is 0 Å². The van der Waals surface area contributed by atoms with Crippen LogP contribution in [0.5, 0.6) is 0 Å². The lowest BCUT2D eigenvalue weighted by atomic mass is 10.1. The standard InChI is InChI=1S/C18H28N2O/c1-2-3-4-7-15-10-12-17(13-11-15)20-18(21)14-19-16-8-5-6-9-16/h10-13,16,19H,2-9,14H2,1H3,(H,20,21). The van der Waals surface area contributed by atoms with E-state index in [9.17, 15) is 4.79 Å². The molecule has 1 aromatic rings. The molecule has 0 unspecified atom stereocenters. The fourth-order valence-corrected chi connectivity index (χ4v) is 2.91. The molecule has 21 heavy (non-hydrogen) atoms. The Bertz CT molecular complexity index is 421. The van der Waals surface area contributed by atoms with E-state index in [1.54, 1.807) is 0 Å². The SMILES string of the molecule is CCCCCc1ccc(NC(=O)CNC2CCCC2)cc1. The minimum absolute atomic E-state index is 0.0561. The second-order valence-electron chi connectivity index (χ2n) is 6.06. The van der Waals surface area contributed by atoms with Gasteiger partial charge in [0.1, 0.15) is 0 Å². The lowest BCUT2D eigenvalue weighted by Crippen LogP contribution is -2.34. The lowest BCUT2D eigenvalue weighted by Gasteiger charge is -2.12. The first-order valence-electron chi connectivity index (χ1n) is 8.40. The van der Waals surface area contributed by atoms with Crippen molar-refractivity contribution >= 4 is 11.6 Å². The van der Waals surface area contributed by atoms with E-state index < -0.39 is 0 Å². The predicted molar refractivity (Wildman–Crippen MR) is 88.6 cm³/mol. The van der Waals surface area contributed by atoms with Gasteiger partial charge in [-0.05, 0) is 43.4 Å². The summed E-state index contributed by atoms with van der Waals surface area (Å²) >= 11 is 0. The number of anilines is 1. The van der Waals surface area contributed by atoms with Crippen LogP contribution in [0.2, 0.25) is 0 Å². The van der Waals surface area contributed by atoms with Crippen LogP contribution in [0, 0.1) is 0 Å². The van der Waals surface area contributed by atoms with E-state index in [4.69, 9.17) is 0 Å². The van der Waals surface area contributed by atoms with E-state index in [0.717, 1.165) is 12.1 Å². The first-order valence-corrected chi connectivity index (χ1v) is 8.40. The summed E-state index contributed by atoms with van der Waals surface area (Å²) in [6, 6.07) is 8.80. The number of hydrogen-bond acceptors (Lipinski definition) is 2. The van der Waals surface area contributed by atoms with Crippen LogP contribution in [0.25, 0.3) is 0 Å². The molecular formula is C18H28N2O. The van der Waals surface area contributed by atoms with Gasteiger partial charge in [-0.3, -0.25) is 4.79 Å². The Labute approximate surface area is 128 Å². The molecule has 116 valence electrons. The molecule has 0 aliphatic heterocycles. The van der Waals surface area contributed by atoms with Crippen molar-refractivity contribution in [1.29, 1.82) is 0 Å². The minimum atomic E-state index is 0.0561. The highest BCUT2D eigenvalue weighted by molar-refractivity contribution is 5.92. The largest absolute Gasteiger partial charge is 0.325 e. The van der Waals surface area contributed by atoms with E-state index in [1.807, 2.05) is 12.1 Å². The van der Waals surface area contributed by atoms with E-state index in [2.05, 4.69) is 29.7 Å². The molecule has 3 heteroatoms. The van der Waals surface area contributed by atoms with E-state index >= 15 is 0 Å². The van der Waals surface area contributed by atoms with Crippen molar-refractivity contribution in [2.24, 2.45) is 0 Å². The molecule has 0 atom stereocenters. The summed E-state index contributed by atoms with van der Waals surface area (Å²) in [7, 11) is 0. The minimum Gasteiger partial charge on any atom is -0.325 e. The highest BCUT2D eigenvalue weighted by Gasteiger charge is 2.15. The Balaban J connectivity index is 1.70. The van der Waals surface area contributed by atoms with Gasteiger partial charge in [-0.1, -0.05) is 44.7 Å². The van der Waals surface area contributed by atoms with Crippen molar-refractivity contribution in [1.82, 2.24) is 5.32 Å². The second-order valence-corrected chi connectivity index (χ2v) is 6.06. The molecule has 0 spiro atoms. The highest BCUT2D eigenvalue weighted by atomic mass is 16.1. The summed E-state index contributed by atoms with van der Waals surface area (Å²) in [6.45, 7) is 2.64. The second kappa shape index (κ2) is 8.83. The number of carbonyl (C=O) groups is 1. The molecule has 3 nitrogen and oxygen atoms in total. The third kappa shape index (κ3) is 5.88. The number of carbonyl (C=O) groups excluding carboxylic acids is 1. The summed E-state index contributed by atoms with van der Waals surface area (Å²) < 4.78 is 0. The lowest BCUT2D eigenvalue weighted by molar-refractivity contribution is -0.115. The molecule has 0 heterocycles. The molecule has 2 rings (SSSR count). The van der Waals surface area contributed by atoms with Gasteiger partial charge in [0.05, 0.1) is 6.54 Å². The summed E-state index contributed by atoms with van der Waals surface area (Å²) in [4.78, 5) is 11.9. The zero-order valence-corrected chi connectivity index (χ0v) is 13.2. The van der Waals surface area contributed by atoms with Gasteiger partial charge in [-0.2, -0.15) is 0 Å². The van der Waals surface area contributed by atoms with Gasteiger partial charge in [0, 0.05) is 11.7 Å². The van der Waals surface area contributed by atoms with Gasteiger partial charge in [0.15, 0.2) is 0 Å². The molecule has 1 fully saturated rings. The Hall–Kier alpha value is -1.35. The zero-order valence-electron chi connectivity index (χ0n) is 13.2. The van der Waals surface area contributed by atoms with Gasteiger partial charge in [-0.15, -0.1) is 0 Å². The van der Waals surface area contributed by atoms with Crippen molar-refractivity contribution < 1.29 is 4.79 Å². The average Bonchev–Trinajstić information content (AvgIpc) is 3.01. The van der Waals surface area contributed by atoms with Gasteiger partial charge < -0.3 is 10.6 Å². The van der Waals surface area contributed by atoms with Gasteiger partial charge in [-0.25, -0.2) is 0 Å². The first kappa shape index (κ1) is 16.0. The number of aryl methyl sites for hydroxylation is 1. The maximum absolute atomic E-state index is 11.9. The van der Waals surface area contributed by atoms with Gasteiger partial charge >= 0.3 is 0 Å². The van der Waals surface area contributed by atoms with Crippen molar-refractivity contribution in [2.75, 3.05) is 11.9 Å². The molecular weight excluding hydrogens is 260 g/mol. The van der Waals surface area contributed by atoms with Crippen LogP contribution in [0.15, 0.2) is 24.3 Å². The fourth-order valence-electron chi connectivity index (χ4n) is 2.91. The number of rotatable bonds is 8. The number of hydrogen-bond donors (Lipinski definition) is 2. The van der Waals surface area contributed by atoms with Crippen LogP contribution < -0.4 is 10.6 Å². The van der Waals surface area contributed by atoms with E-state index in [1.165, 1.54) is 50.5 Å². The van der Waals surface area contributed by atoms with Crippen molar-refractivity contribution in [2.45, 2.75) is 64.3 Å². The van der Waals surface area contributed by atoms with E-state index in [-0.39, 0.29) is 5.91 Å². The van der Waals surface area contributed by atoms with E-state index in [0.29, 0.717) is 12.6 Å². The Morgan fingerprint density at radius 3 is 2.52 bits per heavy atom. The third-order valence-corrected chi connectivity index (χ3v) is 4.21. The summed E-state index contributed by atoms with van der Waals surface area (Å²) in [5.41, 5.74) is 2.25. The number of unbranched alkanes of at least 4 members (excludes halogenated alkanes) is 2. The van der Waals surface area contributed by atoms with Crippen molar-refractivity contribution in [3.05, 3.63) is 29.8 Å². The maximum Gasteiger partial charge on any atom is 0.238 e. The molecule has 1 amide bonds. The summed E-state index contributed by atoms with van der Waals surface area (Å²) in [5.74, 6) is 0.0561. The Morgan fingerprint density at radius 1 is 1.14 bits per heavy atom. The molecule has 1 saturated carbocycles. The molecule has 1 aliphatic rings. The summed E-state index contributed by atoms with van der Waals surface area (Å²) in [5, 5.41) is 6.29. The molecule has 0 saturated heterocycles. The highest BCUT2D eigenvalue weighted by Crippen LogP contribution is 2.17. The molecule has 1 aliphatic carbocycles. The maximum atomic E-state index is 11.9. The molecule has 0 bridgehead atoms. The number of benzene rings is 1. The molecule has 0 aromatic heterocycles. The quantitative estimate of drug-likeness (QED) is 0.713. The Kier molecular flexibility index (Phi) is 6.74. The van der Waals surface area contributed by atoms with Crippen molar-refractivity contribution in [3.63, 3.8) is 0 Å². The summed E-state index contributed by atoms with van der Waals surface area (Å²) in [6.07, 6.45) is 9.91. The van der Waals surface area contributed by atoms with Crippen LogP contribution in [-0.2, 0) is 11.2 Å². The zero-order chi connectivity index (χ0) is 14.9. The van der Waals surface area contributed by atoms with Crippen molar-refractivity contribution in [3.8, 4) is 0 Å².